The van der Waals surface area contributed by atoms with E-state index in [1.54, 1.807) is 0 Å². The van der Waals surface area contributed by atoms with Crippen LogP contribution in [0.4, 0.5) is 0 Å². The van der Waals surface area contributed by atoms with E-state index in [-0.39, 0.29) is 12.1 Å². The van der Waals surface area contributed by atoms with Crippen LogP contribution in [0, 0.1) is 0 Å². The van der Waals surface area contributed by atoms with Crippen molar-refractivity contribution < 1.29 is 9.53 Å². The van der Waals surface area contributed by atoms with E-state index in [1.165, 1.54) is 12.8 Å². The Labute approximate surface area is 75.3 Å². The van der Waals surface area contributed by atoms with Gasteiger partial charge in [0.25, 0.3) is 0 Å². The molecule has 72 valence electrons. The minimum atomic E-state index is -0.0843. The number of ether oxygens (including phenoxy) is 1. The van der Waals surface area contributed by atoms with Crippen molar-refractivity contribution >= 4 is 5.97 Å². The molecule has 12 heavy (non-hydrogen) atoms. The van der Waals surface area contributed by atoms with Gasteiger partial charge < -0.3 is 4.74 Å². The predicted octanol–water partition coefficient (Wildman–Crippen LogP) is 2.91. The van der Waals surface area contributed by atoms with Gasteiger partial charge in [-0.3, -0.25) is 4.79 Å². The molecule has 0 aromatic heterocycles. The fourth-order valence-electron chi connectivity index (χ4n) is 1.05. The van der Waals surface area contributed by atoms with Crippen molar-refractivity contribution in [1.82, 2.24) is 0 Å². The molecule has 0 heterocycles. The summed E-state index contributed by atoms with van der Waals surface area (Å²) in [5.74, 6) is -0.0843. The third kappa shape index (κ3) is 6.20. The van der Waals surface area contributed by atoms with Crippen molar-refractivity contribution in [3.05, 3.63) is 0 Å². The van der Waals surface area contributed by atoms with E-state index in [1.807, 2.05) is 13.8 Å². The van der Waals surface area contributed by atoms with E-state index >= 15 is 0 Å². The van der Waals surface area contributed by atoms with Crippen LogP contribution >= 0.6 is 0 Å². The van der Waals surface area contributed by atoms with Crippen molar-refractivity contribution in [3.8, 4) is 0 Å². The fourth-order valence-corrected chi connectivity index (χ4v) is 1.05. The van der Waals surface area contributed by atoms with E-state index in [0.29, 0.717) is 6.42 Å². The van der Waals surface area contributed by atoms with E-state index in [4.69, 9.17) is 4.74 Å². The second-order valence-corrected chi connectivity index (χ2v) is 3.15. The molecule has 0 saturated carbocycles. The van der Waals surface area contributed by atoms with Crippen LogP contribution in [-0.2, 0) is 9.53 Å². The Kier molecular flexibility index (Phi) is 6.82. The van der Waals surface area contributed by atoms with Crippen LogP contribution in [0.5, 0.6) is 0 Å². The minimum absolute atomic E-state index is 0.0843. The minimum Gasteiger partial charge on any atom is -0.463 e. The molecule has 0 aliphatic heterocycles. The molecule has 1 unspecified atom stereocenters. The molecular weight excluding hydrogens is 152 g/mol. The summed E-state index contributed by atoms with van der Waals surface area (Å²) in [6, 6.07) is 0. The van der Waals surface area contributed by atoms with Gasteiger partial charge in [0, 0.05) is 6.42 Å². The molecule has 0 saturated heterocycles. The number of unbranched alkanes of at least 4 members (excludes halogenated alkanes) is 2. The summed E-state index contributed by atoms with van der Waals surface area (Å²) in [4.78, 5) is 10.8. The summed E-state index contributed by atoms with van der Waals surface area (Å²) < 4.78 is 5.11. The third-order valence-corrected chi connectivity index (χ3v) is 1.84. The Hall–Kier alpha value is -0.530. The van der Waals surface area contributed by atoms with Crippen molar-refractivity contribution in [1.29, 1.82) is 0 Å². The maximum atomic E-state index is 10.8. The highest BCUT2D eigenvalue weighted by Crippen LogP contribution is 2.06. The molecule has 0 amide bonds. The van der Waals surface area contributed by atoms with Crippen LogP contribution in [0.2, 0.25) is 0 Å². The Balaban J connectivity index is 3.32. The normalized spacial score (nSPS) is 12.6. The van der Waals surface area contributed by atoms with Gasteiger partial charge >= 0.3 is 5.97 Å². The molecule has 0 fully saturated rings. The van der Waals surface area contributed by atoms with Gasteiger partial charge in [-0.2, -0.15) is 0 Å². The summed E-state index contributed by atoms with van der Waals surface area (Å²) >= 11 is 0. The average Bonchev–Trinajstić information content (AvgIpc) is 2.05. The number of hydrogen-bond acceptors (Lipinski definition) is 2. The number of rotatable bonds is 6. The first-order valence-corrected chi connectivity index (χ1v) is 4.90. The van der Waals surface area contributed by atoms with Gasteiger partial charge in [0.2, 0.25) is 0 Å². The highest BCUT2D eigenvalue weighted by atomic mass is 16.5. The lowest BCUT2D eigenvalue weighted by atomic mass is 10.1. The summed E-state index contributed by atoms with van der Waals surface area (Å²) in [5, 5.41) is 0. The lowest BCUT2D eigenvalue weighted by Crippen LogP contribution is -2.13. The molecule has 0 aliphatic carbocycles. The largest absolute Gasteiger partial charge is 0.463 e. The number of esters is 1. The third-order valence-electron chi connectivity index (χ3n) is 1.84. The lowest BCUT2D eigenvalue weighted by Gasteiger charge is -2.11. The summed E-state index contributed by atoms with van der Waals surface area (Å²) in [6.45, 7) is 5.95. The first-order valence-electron chi connectivity index (χ1n) is 4.90. The van der Waals surface area contributed by atoms with Crippen molar-refractivity contribution in [2.75, 3.05) is 0 Å². The molecule has 1 atom stereocenters. The second kappa shape index (κ2) is 7.14. The molecule has 0 rings (SSSR count). The van der Waals surface area contributed by atoms with Gasteiger partial charge in [0.05, 0.1) is 6.10 Å². The monoisotopic (exact) mass is 172 g/mol. The molecule has 2 nitrogen and oxygen atoms in total. The van der Waals surface area contributed by atoms with E-state index in [2.05, 4.69) is 6.92 Å². The second-order valence-electron chi connectivity index (χ2n) is 3.15. The highest BCUT2D eigenvalue weighted by Gasteiger charge is 2.05. The Bertz CT molecular complexity index is 121. The molecule has 0 aromatic carbocycles. The van der Waals surface area contributed by atoms with Gasteiger partial charge in [-0.15, -0.1) is 0 Å². The van der Waals surface area contributed by atoms with Crippen LogP contribution in [0.1, 0.15) is 52.9 Å². The Morgan fingerprint density at radius 2 is 2.00 bits per heavy atom. The van der Waals surface area contributed by atoms with Crippen LogP contribution in [0.3, 0.4) is 0 Å². The van der Waals surface area contributed by atoms with E-state index in [0.717, 1.165) is 12.8 Å². The van der Waals surface area contributed by atoms with Crippen LogP contribution < -0.4 is 0 Å². The molecule has 0 bridgehead atoms. The maximum absolute atomic E-state index is 10.8. The first-order chi connectivity index (χ1) is 5.70. The Morgan fingerprint density at radius 3 is 2.50 bits per heavy atom. The molecule has 0 aromatic rings. The van der Waals surface area contributed by atoms with Gasteiger partial charge in [0.1, 0.15) is 0 Å². The molecular formula is C10H20O2. The summed E-state index contributed by atoms with van der Waals surface area (Å²) in [6.07, 6.45) is 5.19. The molecule has 0 N–H and O–H groups in total. The standard InChI is InChI=1S/C10H20O2/c1-4-6-7-8-9(3)12-10(11)5-2/h9H,4-8H2,1-3H3. The number of hydrogen-bond donors (Lipinski definition) is 0. The van der Waals surface area contributed by atoms with Gasteiger partial charge in [0.15, 0.2) is 0 Å². The van der Waals surface area contributed by atoms with Crippen molar-refractivity contribution in [2.24, 2.45) is 0 Å². The number of carbonyl (C=O) groups excluding carboxylic acids is 1. The zero-order valence-corrected chi connectivity index (χ0v) is 8.43. The fraction of sp³-hybridized carbons (Fsp3) is 0.900. The Morgan fingerprint density at radius 1 is 1.33 bits per heavy atom. The van der Waals surface area contributed by atoms with Gasteiger partial charge in [-0.05, 0) is 19.8 Å². The van der Waals surface area contributed by atoms with Crippen LogP contribution in [-0.4, -0.2) is 12.1 Å². The number of carbonyl (C=O) groups is 1. The first kappa shape index (κ1) is 11.5. The molecule has 0 spiro atoms. The SMILES string of the molecule is CCCCCC(C)OC(=O)CC. The molecule has 2 heteroatoms. The van der Waals surface area contributed by atoms with Gasteiger partial charge in [-0.25, -0.2) is 0 Å². The smallest absolute Gasteiger partial charge is 0.305 e. The summed E-state index contributed by atoms with van der Waals surface area (Å²) in [5.41, 5.74) is 0. The van der Waals surface area contributed by atoms with Gasteiger partial charge in [-0.1, -0.05) is 26.7 Å². The lowest BCUT2D eigenvalue weighted by molar-refractivity contribution is -0.148. The van der Waals surface area contributed by atoms with Crippen molar-refractivity contribution in [2.45, 2.75) is 59.0 Å². The zero-order chi connectivity index (χ0) is 9.40. The molecule has 0 radical (unpaired) electrons. The van der Waals surface area contributed by atoms with E-state index < -0.39 is 0 Å². The van der Waals surface area contributed by atoms with Crippen LogP contribution in [0.15, 0.2) is 0 Å². The maximum Gasteiger partial charge on any atom is 0.305 e. The summed E-state index contributed by atoms with van der Waals surface area (Å²) in [7, 11) is 0. The topological polar surface area (TPSA) is 26.3 Å². The van der Waals surface area contributed by atoms with Crippen molar-refractivity contribution in [3.63, 3.8) is 0 Å². The van der Waals surface area contributed by atoms with E-state index in [9.17, 15) is 4.79 Å². The van der Waals surface area contributed by atoms with Crippen LogP contribution in [0.25, 0.3) is 0 Å². The average molecular weight is 172 g/mol. The quantitative estimate of drug-likeness (QED) is 0.455. The predicted molar refractivity (Wildman–Crippen MR) is 50.0 cm³/mol. The highest BCUT2D eigenvalue weighted by molar-refractivity contribution is 5.69. The molecule has 0 aliphatic rings. The zero-order valence-electron chi connectivity index (χ0n) is 8.43.